The molecule has 1 unspecified atom stereocenters. The lowest BCUT2D eigenvalue weighted by Gasteiger charge is -2.15. The van der Waals surface area contributed by atoms with E-state index in [0.29, 0.717) is 18.7 Å². The number of hydrogen-bond acceptors (Lipinski definition) is 5. The van der Waals surface area contributed by atoms with E-state index in [-0.39, 0.29) is 12.4 Å². The summed E-state index contributed by atoms with van der Waals surface area (Å²) < 4.78 is 13.0. The lowest BCUT2D eigenvalue weighted by molar-refractivity contribution is -0.116. The number of hydrogen-bond donors (Lipinski definition) is 1. The first kappa shape index (κ1) is 19.9. The molecule has 4 aromatic rings. The summed E-state index contributed by atoms with van der Waals surface area (Å²) in [5, 5.41) is 10.6. The lowest BCUT2D eigenvalue weighted by atomic mass is 10.1. The summed E-state index contributed by atoms with van der Waals surface area (Å²) in [6.07, 6.45) is 3.80. The van der Waals surface area contributed by atoms with Gasteiger partial charge in [0, 0.05) is 6.42 Å². The second kappa shape index (κ2) is 8.97. The van der Waals surface area contributed by atoms with Gasteiger partial charge in [-0.2, -0.15) is 0 Å². The standard InChI is InChI=1S/C24H24N2O4/c1-17(27)6-7-18-8-10-21(11-9-18)30-16-20(28)14-26-23-5-3-2-4-22(23)25-24(26)19-12-13-29-15-19/h2-5,8-13,15,20,28H,6-7,14,16H2,1H3. The van der Waals surface area contributed by atoms with Gasteiger partial charge in [0.1, 0.15) is 36.3 Å². The Kier molecular flexibility index (Phi) is 5.95. The first-order chi connectivity index (χ1) is 14.6. The highest BCUT2D eigenvalue weighted by molar-refractivity contribution is 5.80. The SMILES string of the molecule is CC(=O)CCc1ccc(OCC(O)Cn2c(-c3ccoc3)nc3ccccc32)cc1. The van der Waals surface area contributed by atoms with Gasteiger partial charge in [-0.3, -0.25) is 0 Å². The number of Topliss-reactive ketones (excluding diaryl/α,β-unsaturated/α-hetero) is 1. The fourth-order valence-corrected chi connectivity index (χ4v) is 3.40. The van der Waals surface area contributed by atoms with Crippen LogP contribution >= 0.6 is 0 Å². The number of aryl methyl sites for hydroxylation is 1. The van der Waals surface area contributed by atoms with Crippen LogP contribution in [-0.2, 0) is 17.8 Å². The molecule has 0 saturated heterocycles. The molecule has 0 saturated carbocycles. The maximum atomic E-state index is 11.1. The van der Waals surface area contributed by atoms with Crippen molar-refractivity contribution in [3.63, 3.8) is 0 Å². The number of aliphatic hydroxyl groups excluding tert-OH is 1. The van der Waals surface area contributed by atoms with Gasteiger partial charge >= 0.3 is 0 Å². The van der Waals surface area contributed by atoms with Gasteiger partial charge < -0.3 is 23.6 Å². The predicted octanol–water partition coefficient (Wildman–Crippen LogP) is 4.26. The van der Waals surface area contributed by atoms with Crippen molar-refractivity contribution in [1.82, 2.24) is 9.55 Å². The minimum atomic E-state index is -0.717. The van der Waals surface area contributed by atoms with Crippen molar-refractivity contribution >= 4 is 16.8 Å². The number of ether oxygens (including phenoxy) is 1. The molecule has 0 aliphatic rings. The maximum Gasteiger partial charge on any atom is 0.144 e. The molecule has 0 bridgehead atoms. The first-order valence-corrected chi connectivity index (χ1v) is 9.97. The molecule has 0 fully saturated rings. The number of carbonyl (C=O) groups is 1. The van der Waals surface area contributed by atoms with Gasteiger partial charge in [0.05, 0.1) is 29.4 Å². The van der Waals surface area contributed by atoms with Crippen molar-refractivity contribution in [2.45, 2.75) is 32.4 Å². The Morgan fingerprint density at radius 3 is 2.70 bits per heavy atom. The van der Waals surface area contributed by atoms with Crippen LogP contribution in [0, 0.1) is 0 Å². The number of furan rings is 1. The van der Waals surface area contributed by atoms with Gasteiger partial charge in [-0.25, -0.2) is 4.98 Å². The van der Waals surface area contributed by atoms with E-state index in [1.54, 1.807) is 19.5 Å². The number of nitrogens with zero attached hydrogens (tertiary/aromatic N) is 2. The molecule has 0 amide bonds. The van der Waals surface area contributed by atoms with Crippen LogP contribution in [0.3, 0.4) is 0 Å². The van der Waals surface area contributed by atoms with E-state index in [4.69, 9.17) is 14.1 Å². The zero-order valence-corrected chi connectivity index (χ0v) is 16.8. The van der Waals surface area contributed by atoms with Crippen LogP contribution in [0.5, 0.6) is 5.75 Å². The fourth-order valence-electron chi connectivity index (χ4n) is 3.40. The topological polar surface area (TPSA) is 77.5 Å². The third kappa shape index (κ3) is 4.60. The zero-order valence-electron chi connectivity index (χ0n) is 16.8. The number of carbonyl (C=O) groups excluding carboxylic acids is 1. The molecule has 154 valence electrons. The quantitative estimate of drug-likeness (QED) is 0.451. The Labute approximate surface area is 174 Å². The van der Waals surface area contributed by atoms with Crippen LogP contribution in [-0.4, -0.2) is 33.2 Å². The first-order valence-electron chi connectivity index (χ1n) is 9.97. The molecule has 1 N–H and O–H groups in total. The van der Waals surface area contributed by atoms with Crippen molar-refractivity contribution < 1.29 is 19.1 Å². The Hall–Kier alpha value is -3.38. The Morgan fingerprint density at radius 1 is 1.17 bits per heavy atom. The fraction of sp³-hybridized carbons (Fsp3) is 0.250. The van der Waals surface area contributed by atoms with Crippen LogP contribution < -0.4 is 4.74 Å². The zero-order chi connectivity index (χ0) is 20.9. The molecule has 1 atom stereocenters. The van der Waals surface area contributed by atoms with Gasteiger partial charge in [0.25, 0.3) is 0 Å². The van der Waals surface area contributed by atoms with Crippen molar-refractivity contribution in [2.24, 2.45) is 0 Å². The number of fused-ring (bicyclic) bond motifs is 1. The van der Waals surface area contributed by atoms with Gasteiger partial charge in [-0.1, -0.05) is 24.3 Å². The highest BCUT2D eigenvalue weighted by atomic mass is 16.5. The molecule has 2 aromatic carbocycles. The van der Waals surface area contributed by atoms with Gasteiger partial charge in [0.2, 0.25) is 0 Å². The maximum absolute atomic E-state index is 11.1. The van der Waals surface area contributed by atoms with Gasteiger partial charge in [-0.05, 0) is 49.2 Å². The Bertz CT molecular complexity index is 1110. The number of rotatable bonds is 9. The van der Waals surface area contributed by atoms with Crippen molar-refractivity contribution in [1.29, 1.82) is 0 Å². The second-order valence-corrected chi connectivity index (χ2v) is 7.36. The van der Waals surface area contributed by atoms with Crippen LogP contribution in [0.1, 0.15) is 18.9 Å². The minimum absolute atomic E-state index is 0.157. The van der Waals surface area contributed by atoms with Crippen molar-refractivity contribution in [3.8, 4) is 17.1 Å². The van der Waals surface area contributed by atoms with Gasteiger partial charge in [-0.15, -0.1) is 0 Å². The largest absolute Gasteiger partial charge is 0.491 e. The second-order valence-electron chi connectivity index (χ2n) is 7.36. The van der Waals surface area contributed by atoms with E-state index in [1.165, 1.54) is 0 Å². The summed E-state index contributed by atoms with van der Waals surface area (Å²) in [7, 11) is 0. The highest BCUT2D eigenvalue weighted by Gasteiger charge is 2.16. The molecule has 2 aromatic heterocycles. The van der Waals surface area contributed by atoms with Crippen LogP contribution in [0.25, 0.3) is 22.4 Å². The molecular weight excluding hydrogens is 380 g/mol. The molecule has 4 rings (SSSR count). The number of aromatic nitrogens is 2. The Morgan fingerprint density at radius 2 is 1.97 bits per heavy atom. The average Bonchev–Trinajstić information content (AvgIpc) is 3.40. The van der Waals surface area contributed by atoms with Gasteiger partial charge in [0.15, 0.2) is 0 Å². The third-order valence-corrected chi connectivity index (χ3v) is 4.96. The van der Waals surface area contributed by atoms with E-state index in [1.807, 2.05) is 59.2 Å². The number of imidazole rings is 1. The van der Waals surface area contributed by atoms with Crippen molar-refractivity contribution in [2.75, 3.05) is 6.61 Å². The molecule has 6 heteroatoms. The van der Waals surface area contributed by atoms with E-state index >= 15 is 0 Å². The predicted molar refractivity (Wildman–Crippen MR) is 114 cm³/mol. The van der Waals surface area contributed by atoms with Crippen LogP contribution in [0.2, 0.25) is 0 Å². The third-order valence-electron chi connectivity index (χ3n) is 4.96. The Balaban J connectivity index is 1.43. The number of benzene rings is 2. The summed E-state index contributed by atoms with van der Waals surface area (Å²) in [6, 6.07) is 17.3. The van der Waals surface area contributed by atoms with Crippen LogP contribution in [0.15, 0.2) is 71.5 Å². The summed E-state index contributed by atoms with van der Waals surface area (Å²) in [4.78, 5) is 15.8. The van der Waals surface area contributed by atoms with Crippen molar-refractivity contribution in [3.05, 3.63) is 72.7 Å². The summed E-state index contributed by atoms with van der Waals surface area (Å²) in [6.45, 7) is 2.10. The van der Waals surface area contributed by atoms with E-state index in [2.05, 4.69) is 0 Å². The molecule has 0 aliphatic heterocycles. The molecular formula is C24H24N2O4. The monoisotopic (exact) mass is 404 g/mol. The number of aliphatic hydroxyl groups is 1. The lowest BCUT2D eigenvalue weighted by Crippen LogP contribution is -2.24. The number of ketones is 1. The molecule has 6 nitrogen and oxygen atoms in total. The highest BCUT2D eigenvalue weighted by Crippen LogP contribution is 2.25. The summed E-state index contributed by atoms with van der Waals surface area (Å²) >= 11 is 0. The minimum Gasteiger partial charge on any atom is -0.491 e. The van der Waals surface area contributed by atoms with E-state index < -0.39 is 6.10 Å². The average molecular weight is 404 g/mol. The van der Waals surface area contributed by atoms with E-state index in [9.17, 15) is 9.90 Å². The van der Waals surface area contributed by atoms with E-state index in [0.717, 1.165) is 34.4 Å². The smallest absolute Gasteiger partial charge is 0.144 e. The molecule has 2 heterocycles. The molecule has 0 radical (unpaired) electrons. The molecule has 30 heavy (non-hydrogen) atoms. The summed E-state index contributed by atoms with van der Waals surface area (Å²) in [5.74, 6) is 1.62. The molecule has 0 aliphatic carbocycles. The normalized spacial score (nSPS) is 12.2. The molecule has 0 spiro atoms. The van der Waals surface area contributed by atoms with Crippen LogP contribution in [0.4, 0.5) is 0 Å². The number of para-hydroxylation sites is 2. The summed E-state index contributed by atoms with van der Waals surface area (Å²) in [5.41, 5.74) is 3.76.